The maximum atomic E-state index is 13.3. The van der Waals surface area contributed by atoms with E-state index < -0.39 is 36.2 Å². The number of hydrogen-bond donors (Lipinski definition) is 4. The molecule has 0 radical (unpaired) electrons. The minimum Gasteiger partial charge on any atom is -0.356 e. The van der Waals surface area contributed by atoms with Crippen LogP contribution in [0, 0.1) is 29.1 Å². The Hall–Kier alpha value is -2.01. The third-order valence-corrected chi connectivity index (χ3v) is 7.46. The summed E-state index contributed by atoms with van der Waals surface area (Å²) in [5.41, 5.74) is 5.30. The minimum atomic E-state index is -3.23. The highest BCUT2D eigenvalue weighted by molar-refractivity contribution is 5.94. The maximum Gasteiger partial charge on any atom is 0.315 e. The van der Waals surface area contributed by atoms with E-state index in [-0.39, 0.29) is 53.9 Å². The molecule has 4 amide bonds. The summed E-state index contributed by atoms with van der Waals surface area (Å²) in [4.78, 5) is 51.1. The normalized spacial score (nSPS) is 28.9. The van der Waals surface area contributed by atoms with Crippen LogP contribution in [0.25, 0.3) is 0 Å². The van der Waals surface area contributed by atoms with Crippen LogP contribution in [0.1, 0.15) is 40.5 Å². The predicted molar refractivity (Wildman–Crippen MR) is 118 cm³/mol. The van der Waals surface area contributed by atoms with Crippen LogP contribution in [0.15, 0.2) is 0 Å². The van der Waals surface area contributed by atoms with Gasteiger partial charge in [0.2, 0.25) is 11.8 Å². The highest BCUT2D eigenvalue weighted by Crippen LogP contribution is 2.64. The zero-order chi connectivity index (χ0) is 23.8. The average molecular weight is 494 g/mol. The van der Waals surface area contributed by atoms with Gasteiger partial charge in [-0.25, -0.2) is 5.43 Å². The number of alkyl halides is 2. The van der Waals surface area contributed by atoms with Gasteiger partial charge >= 0.3 is 6.43 Å². The van der Waals surface area contributed by atoms with E-state index in [0.717, 1.165) is 0 Å². The number of hydrogen-bond acceptors (Lipinski definition) is 5. The summed E-state index contributed by atoms with van der Waals surface area (Å²) in [5, 5.41) is 4.90. The fourth-order valence-corrected chi connectivity index (χ4v) is 5.07. The molecule has 1 aliphatic carbocycles. The molecule has 3 aliphatic rings. The van der Waals surface area contributed by atoms with Gasteiger partial charge in [-0.05, 0) is 29.6 Å². The maximum absolute atomic E-state index is 13.3. The van der Waals surface area contributed by atoms with Crippen LogP contribution in [0.3, 0.4) is 0 Å². The highest BCUT2D eigenvalue weighted by atomic mass is 35.5. The molecule has 1 saturated carbocycles. The predicted octanol–water partition coefficient (Wildman–Crippen LogP) is 0.444. The van der Waals surface area contributed by atoms with Crippen LogP contribution >= 0.6 is 12.4 Å². The second kappa shape index (κ2) is 10.5. The molecule has 0 unspecified atom stereocenters. The Balaban J connectivity index is 0.00000385. The van der Waals surface area contributed by atoms with Crippen LogP contribution < -0.4 is 21.5 Å². The number of hydrazine groups is 1. The number of piperidine rings is 1. The number of carbonyl (C=O) groups excluding carboxylic acids is 4. The molecule has 4 N–H and O–H groups in total. The van der Waals surface area contributed by atoms with E-state index in [1.54, 1.807) is 13.8 Å². The molecule has 0 aromatic heterocycles. The Labute approximate surface area is 198 Å². The summed E-state index contributed by atoms with van der Waals surface area (Å²) in [6.07, 6.45) is -2.06. The first kappa shape index (κ1) is 27.2. The number of nitrogens with zero attached hydrogens (tertiary/aromatic N) is 1. The number of likely N-dealkylation sites (tertiary alicyclic amines) is 1. The molecule has 2 saturated heterocycles. The first-order valence-corrected chi connectivity index (χ1v) is 11.2. The average Bonchev–Trinajstić information content (AvgIpc) is 3.12. The van der Waals surface area contributed by atoms with Crippen LogP contribution in [0.4, 0.5) is 8.78 Å². The molecule has 0 bridgehead atoms. The molecule has 6 atom stereocenters. The highest BCUT2D eigenvalue weighted by Gasteiger charge is 2.69. The molecule has 3 rings (SSSR count). The molecular weight excluding hydrogens is 460 g/mol. The Morgan fingerprint density at radius 3 is 2.48 bits per heavy atom. The van der Waals surface area contributed by atoms with Crippen molar-refractivity contribution in [2.75, 3.05) is 19.6 Å². The molecular formula is C21H34ClF2N5O4. The second-order valence-corrected chi connectivity index (χ2v) is 9.71. The lowest BCUT2D eigenvalue weighted by molar-refractivity contribution is -0.146. The Morgan fingerprint density at radius 1 is 1.27 bits per heavy atom. The topological polar surface area (TPSA) is 120 Å². The van der Waals surface area contributed by atoms with Crippen LogP contribution in [-0.4, -0.2) is 66.7 Å². The van der Waals surface area contributed by atoms with Crippen molar-refractivity contribution in [3.05, 3.63) is 0 Å². The van der Waals surface area contributed by atoms with Crippen LogP contribution in [-0.2, 0) is 19.2 Å². The largest absolute Gasteiger partial charge is 0.356 e. The van der Waals surface area contributed by atoms with E-state index in [0.29, 0.717) is 25.9 Å². The van der Waals surface area contributed by atoms with Gasteiger partial charge in [-0.3, -0.25) is 24.6 Å². The van der Waals surface area contributed by atoms with Gasteiger partial charge in [0.1, 0.15) is 12.1 Å². The third kappa shape index (κ3) is 5.40. The van der Waals surface area contributed by atoms with Gasteiger partial charge in [-0.2, -0.15) is 8.78 Å². The summed E-state index contributed by atoms with van der Waals surface area (Å²) >= 11 is 0. The van der Waals surface area contributed by atoms with Gasteiger partial charge in [0, 0.05) is 19.6 Å². The Bertz CT molecular complexity index is 784. The van der Waals surface area contributed by atoms with E-state index in [4.69, 9.17) is 0 Å². The van der Waals surface area contributed by atoms with Crippen molar-refractivity contribution < 1.29 is 28.0 Å². The number of amides is 4. The molecule has 12 heteroatoms. The van der Waals surface area contributed by atoms with Crippen molar-refractivity contribution in [3.63, 3.8) is 0 Å². The molecule has 0 aromatic rings. The number of rotatable bonds is 9. The van der Waals surface area contributed by atoms with Gasteiger partial charge in [-0.15, -0.1) is 12.4 Å². The lowest BCUT2D eigenvalue weighted by Gasteiger charge is -2.34. The van der Waals surface area contributed by atoms with Gasteiger partial charge in [-0.1, -0.05) is 34.1 Å². The van der Waals surface area contributed by atoms with Crippen molar-refractivity contribution >= 4 is 36.0 Å². The van der Waals surface area contributed by atoms with E-state index >= 15 is 0 Å². The minimum absolute atomic E-state index is 0. The van der Waals surface area contributed by atoms with Gasteiger partial charge in [0.25, 0.3) is 11.8 Å². The fraction of sp³-hybridized carbons (Fsp3) is 0.810. The zero-order valence-corrected chi connectivity index (χ0v) is 20.1. The van der Waals surface area contributed by atoms with Crippen molar-refractivity contribution in [2.45, 2.75) is 59.0 Å². The summed E-state index contributed by atoms with van der Waals surface area (Å²) in [6, 6.07) is -1.91. The van der Waals surface area contributed by atoms with Crippen molar-refractivity contribution in [1.82, 2.24) is 26.4 Å². The molecule has 3 fully saturated rings. The first-order valence-electron chi connectivity index (χ1n) is 11.2. The smallest absolute Gasteiger partial charge is 0.315 e. The van der Waals surface area contributed by atoms with Crippen molar-refractivity contribution in [1.29, 1.82) is 0 Å². The molecule has 0 aromatic carbocycles. The summed E-state index contributed by atoms with van der Waals surface area (Å²) < 4.78 is 25.7. The van der Waals surface area contributed by atoms with Crippen molar-refractivity contribution in [3.8, 4) is 0 Å². The third-order valence-electron chi connectivity index (χ3n) is 7.46. The number of fused-ring (bicyclic) bond motifs is 1. The monoisotopic (exact) mass is 493 g/mol. The number of carbonyl (C=O) groups is 4. The number of halogens is 3. The quantitative estimate of drug-likeness (QED) is 0.348. The molecule has 2 heterocycles. The molecule has 2 aliphatic heterocycles. The fourth-order valence-electron chi connectivity index (χ4n) is 5.07. The lowest BCUT2D eigenvalue weighted by atomic mass is 9.95. The SMILES string of the molecule is CC[C@@H](C)[C@H](NC(=O)C(F)F)C(=O)N1C[C@H]2[C@@H]([C@H]1C(=O)NNC[C@@H]1CCNC1=O)C2(C)C.Cl. The van der Waals surface area contributed by atoms with E-state index in [2.05, 4.69) is 21.5 Å². The second-order valence-electron chi connectivity index (χ2n) is 9.71. The van der Waals surface area contributed by atoms with Gasteiger partial charge < -0.3 is 15.5 Å². The van der Waals surface area contributed by atoms with E-state index in [1.807, 2.05) is 13.8 Å². The lowest BCUT2D eigenvalue weighted by Crippen LogP contribution is -2.59. The first-order chi connectivity index (χ1) is 15.0. The standard InChI is InChI=1S/C21H33F2N5O4.ClH/c1-5-10(2)14(26-19(31)16(22)23)20(32)28-9-12-13(21(12,3)4)15(28)18(30)27-25-8-11-6-7-24-17(11)29;/h10-16,25H,5-9H2,1-4H3,(H,24,29)(H,26,31)(H,27,30);1H/t10-,11+,12+,13+,14+,15+;/m1./s1. The summed E-state index contributed by atoms with van der Waals surface area (Å²) in [7, 11) is 0. The van der Waals surface area contributed by atoms with Gasteiger partial charge in [0.15, 0.2) is 0 Å². The molecule has 33 heavy (non-hydrogen) atoms. The Kier molecular flexibility index (Phi) is 8.67. The molecule has 0 spiro atoms. The van der Waals surface area contributed by atoms with E-state index in [9.17, 15) is 28.0 Å². The summed E-state index contributed by atoms with van der Waals surface area (Å²) in [6.45, 7) is 8.78. The summed E-state index contributed by atoms with van der Waals surface area (Å²) in [5.74, 6) is -3.05. The Morgan fingerprint density at radius 2 is 1.94 bits per heavy atom. The van der Waals surface area contributed by atoms with Crippen LogP contribution in [0.2, 0.25) is 0 Å². The number of nitrogens with one attached hydrogen (secondary N) is 4. The molecule has 9 nitrogen and oxygen atoms in total. The zero-order valence-electron chi connectivity index (χ0n) is 19.3. The molecule has 188 valence electrons. The van der Waals surface area contributed by atoms with E-state index in [1.165, 1.54) is 4.90 Å². The van der Waals surface area contributed by atoms with Gasteiger partial charge in [0.05, 0.1) is 5.92 Å². The van der Waals surface area contributed by atoms with Crippen LogP contribution in [0.5, 0.6) is 0 Å². The van der Waals surface area contributed by atoms with Crippen molar-refractivity contribution in [2.24, 2.45) is 29.1 Å².